The zero-order valence-corrected chi connectivity index (χ0v) is 17.1. The highest BCUT2D eigenvalue weighted by molar-refractivity contribution is 14.1. The summed E-state index contributed by atoms with van der Waals surface area (Å²) in [5, 5.41) is 12.2. The van der Waals surface area contributed by atoms with Gasteiger partial charge >= 0.3 is 0 Å². The van der Waals surface area contributed by atoms with Crippen LogP contribution in [0.5, 0.6) is 0 Å². The monoisotopic (exact) mass is 447 g/mol. The topological polar surface area (TPSA) is 57.8 Å². The molecule has 0 unspecified atom stereocenters. The fraction of sp³-hybridized carbons (Fsp3) is 0.300. The highest BCUT2D eigenvalue weighted by Gasteiger charge is 2.14. The van der Waals surface area contributed by atoms with E-state index in [9.17, 15) is 10.1 Å². The quantitative estimate of drug-likeness (QED) is 0.402. The summed E-state index contributed by atoms with van der Waals surface area (Å²) in [6.07, 6.45) is 1.67. The van der Waals surface area contributed by atoms with Gasteiger partial charge in [-0.2, -0.15) is 5.26 Å². The Bertz CT molecular complexity index is 856. The molecule has 0 saturated carbocycles. The summed E-state index contributed by atoms with van der Waals surface area (Å²) in [6.45, 7) is 9.33. The molecule has 0 aliphatic rings. The third kappa shape index (κ3) is 4.73. The second-order valence-electron chi connectivity index (χ2n) is 6.43. The van der Waals surface area contributed by atoms with Gasteiger partial charge in [0.05, 0.1) is 5.69 Å². The molecular formula is C20H22IN3O. The number of hydrogen-bond acceptors (Lipinski definition) is 2. The normalized spacial score (nSPS) is 11.5. The van der Waals surface area contributed by atoms with Crippen molar-refractivity contribution in [3.05, 3.63) is 56.4 Å². The van der Waals surface area contributed by atoms with Crippen molar-refractivity contribution in [1.29, 1.82) is 5.26 Å². The molecule has 0 bridgehead atoms. The van der Waals surface area contributed by atoms with Gasteiger partial charge in [0.2, 0.25) is 0 Å². The summed E-state index contributed by atoms with van der Waals surface area (Å²) in [5.74, 6) is 0.140. The number of halogens is 1. The number of carbonyl (C=O) groups excluding carboxylic acids is 1. The highest BCUT2D eigenvalue weighted by Crippen LogP contribution is 2.21. The van der Waals surface area contributed by atoms with Crippen LogP contribution in [-0.4, -0.2) is 10.5 Å². The smallest absolute Gasteiger partial charge is 0.266 e. The number of nitrogens with zero attached hydrogens (tertiary/aromatic N) is 2. The summed E-state index contributed by atoms with van der Waals surface area (Å²) in [5.41, 5.74) is 3.92. The average Bonchev–Trinajstić information content (AvgIpc) is 2.81. The van der Waals surface area contributed by atoms with Crippen LogP contribution < -0.4 is 5.32 Å². The lowest BCUT2D eigenvalue weighted by atomic mass is 10.1. The van der Waals surface area contributed by atoms with E-state index in [4.69, 9.17) is 0 Å². The molecule has 0 radical (unpaired) electrons. The molecule has 0 saturated heterocycles. The summed E-state index contributed by atoms with van der Waals surface area (Å²) in [7, 11) is 0. The van der Waals surface area contributed by atoms with Gasteiger partial charge in [0.15, 0.2) is 0 Å². The number of carbonyl (C=O) groups is 1. The lowest BCUT2D eigenvalue weighted by molar-refractivity contribution is -0.112. The van der Waals surface area contributed by atoms with Crippen LogP contribution in [0.2, 0.25) is 0 Å². The number of hydrogen-bond donors (Lipinski definition) is 1. The molecule has 0 fully saturated rings. The average molecular weight is 447 g/mol. The first-order chi connectivity index (χ1) is 11.8. The number of anilines is 1. The molecule has 0 aliphatic carbocycles. The molecule has 0 atom stereocenters. The van der Waals surface area contributed by atoms with Crippen molar-refractivity contribution < 1.29 is 4.79 Å². The maximum Gasteiger partial charge on any atom is 0.266 e. The van der Waals surface area contributed by atoms with Crippen molar-refractivity contribution in [2.45, 2.75) is 34.2 Å². The lowest BCUT2D eigenvalue weighted by Crippen LogP contribution is -2.14. The van der Waals surface area contributed by atoms with Gasteiger partial charge in [0.1, 0.15) is 11.6 Å². The first kappa shape index (κ1) is 19.3. The van der Waals surface area contributed by atoms with E-state index in [2.05, 4.69) is 46.3 Å². The Morgan fingerprint density at radius 2 is 2.04 bits per heavy atom. The molecule has 0 aliphatic heterocycles. The van der Waals surface area contributed by atoms with Crippen LogP contribution in [0.3, 0.4) is 0 Å². The van der Waals surface area contributed by atoms with E-state index >= 15 is 0 Å². The van der Waals surface area contributed by atoms with Crippen LogP contribution in [0.25, 0.3) is 6.08 Å². The number of aromatic nitrogens is 1. The Balaban J connectivity index is 2.30. The molecule has 25 heavy (non-hydrogen) atoms. The van der Waals surface area contributed by atoms with E-state index in [0.29, 0.717) is 11.6 Å². The van der Waals surface area contributed by atoms with Gasteiger partial charge in [-0.05, 0) is 72.2 Å². The highest BCUT2D eigenvalue weighted by atomic mass is 127. The van der Waals surface area contributed by atoms with Crippen LogP contribution in [0.1, 0.15) is 30.8 Å². The van der Waals surface area contributed by atoms with Gasteiger partial charge in [-0.25, -0.2) is 0 Å². The second-order valence-corrected chi connectivity index (χ2v) is 7.60. The number of amides is 1. The lowest BCUT2D eigenvalue weighted by Gasteiger charge is -2.12. The van der Waals surface area contributed by atoms with Crippen LogP contribution in [0, 0.1) is 34.7 Å². The van der Waals surface area contributed by atoms with Gasteiger partial charge in [-0.3, -0.25) is 4.79 Å². The van der Waals surface area contributed by atoms with Crippen molar-refractivity contribution in [2.75, 3.05) is 5.32 Å². The maximum atomic E-state index is 12.5. The molecule has 2 aromatic rings. The van der Waals surface area contributed by atoms with Gasteiger partial charge in [-0.15, -0.1) is 0 Å². The van der Waals surface area contributed by atoms with E-state index in [0.717, 1.165) is 27.1 Å². The number of para-hydroxylation sites is 1. The SMILES string of the molecule is Cc1cc(/C=C(\C#N)C(=O)Nc2ccccc2I)c(C)n1CC(C)C. The van der Waals surface area contributed by atoms with Crippen LogP contribution >= 0.6 is 22.6 Å². The predicted octanol–water partition coefficient (Wildman–Crippen LogP) is 4.91. The standard InChI is InChI=1S/C20H22IN3O/c1-13(2)12-24-14(3)9-16(15(24)4)10-17(11-22)20(25)23-19-8-6-5-7-18(19)21/h5-10,13H,12H2,1-4H3,(H,23,25)/b17-10+. The second kappa shape index (κ2) is 8.34. The molecule has 1 heterocycles. The van der Waals surface area contributed by atoms with Gasteiger partial charge in [-0.1, -0.05) is 26.0 Å². The fourth-order valence-corrected chi connectivity index (χ4v) is 3.20. The summed E-state index contributed by atoms with van der Waals surface area (Å²) < 4.78 is 3.16. The molecule has 1 N–H and O–H groups in total. The van der Waals surface area contributed by atoms with E-state index in [1.807, 2.05) is 50.2 Å². The third-order valence-electron chi connectivity index (χ3n) is 3.95. The summed E-state index contributed by atoms with van der Waals surface area (Å²) >= 11 is 2.16. The first-order valence-electron chi connectivity index (χ1n) is 8.18. The zero-order chi connectivity index (χ0) is 18.6. The number of nitriles is 1. The maximum absolute atomic E-state index is 12.5. The Labute approximate surface area is 162 Å². The van der Waals surface area contributed by atoms with E-state index in [1.54, 1.807) is 6.08 Å². The van der Waals surface area contributed by atoms with Crippen molar-refractivity contribution in [2.24, 2.45) is 5.92 Å². The van der Waals surface area contributed by atoms with E-state index in [1.165, 1.54) is 0 Å². The van der Waals surface area contributed by atoms with Crippen molar-refractivity contribution in [3.63, 3.8) is 0 Å². The molecular weight excluding hydrogens is 425 g/mol. The minimum absolute atomic E-state index is 0.101. The number of benzene rings is 1. The van der Waals surface area contributed by atoms with Crippen LogP contribution in [0.4, 0.5) is 5.69 Å². The Kier molecular flexibility index (Phi) is 6.43. The third-order valence-corrected chi connectivity index (χ3v) is 4.89. The number of nitrogens with one attached hydrogen (secondary N) is 1. The minimum Gasteiger partial charge on any atom is -0.348 e. The zero-order valence-electron chi connectivity index (χ0n) is 14.9. The summed E-state index contributed by atoms with van der Waals surface area (Å²) in [4.78, 5) is 12.5. The van der Waals surface area contributed by atoms with Gasteiger partial charge in [0.25, 0.3) is 5.91 Å². The van der Waals surface area contributed by atoms with Crippen molar-refractivity contribution in [3.8, 4) is 6.07 Å². The molecule has 1 aromatic heterocycles. The fourth-order valence-electron chi connectivity index (χ4n) is 2.68. The van der Waals surface area contributed by atoms with E-state index in [-0.39, 0.29) is 11.5 Å². The number of rotatable bonds is 5. The van der Waals surface area contributed by atoms with Crippen molar-refractivity contribution >= 4 is 40.3 Å². The molecule has 0 spiro atoms. The Morgan fingerprint density at radius 1 is 1.36 bits per heavy atom. The summed E-state index contributed by atoms with van der Waals surface area (Å²) in [6, 6.07) is 11.5. The first-order valence-corrected chi connectivity index (χ1v) is 9.25. The molecule has 4 nitrogen and oxygen atoms in total. The molecule has 130 valence electrons. The largest absolute Gasteiger partial charge is 0.348 e. The predicted molar refractivity (Wildman–Crippen MR) is 110 cm³/mol. The molecule has 1 aromatic carbocycles. The van der Waals surface area contributed by atoms with Gasteiger partial charge in [0, 0.05) is 21.5 Å². The number of aryl methyl sites for hydroxylation is 1. The Morgan fingerprint density at radius 3 is 2.64 bits per heavy atom. The minimum atomic E-state index is -0.389. The van der Waals surface area contributed by atoms with Crippen molar-refractivity contribution in [1.82, 2.24) is 4.57 Å². The van der Waals surface area contributed by atoms with Gasteiger partial charge < -0.3 is 9.88 Å². The molecule has 2 rings (SSSR count). The Hall–Kier alpha value is -2.07. The molecule has 5 heteroatoms. The van der Waals surface area contributed by atoms with Crippen LogP contribution in [-0.2, 0) is 11.3 Å². The molecule has 1 amide bonds. The van der Waals surface area contributed by atoms with E-state index < -0.39 is 0 Å². The van der Waals surface area contributed by atoms with Crippen LogP contribution in [0.15, 0.2) is 35.9 Å².